The minimum Gasteiger partial charge on any atom is -0.314 e. The third-order valence-corrected chi connectivity index (χ3v) is 6.38. The molecule has 2 rings (SSSR count). The molecular weight excluding hydrogens is 252 g/mol. The van der Waals surface area contributed by atoms with Crippen molar-refractivity contribution < 1.29 is 0 Å². The van der Waals surface area contributed by atoms with E-state index >= 15 is 0 Å². The van der Waals surface area contributed by atoms with Gasteiger partial charge in [-0.15, -0.1) is 0 Å². The van der Waals surface area contributed by atoms with Crippen LogP contribution in [-0.2, 0) is 0 Å². The van der Waals surface area contributed by atoms with E-state index in [4.69, 9.17) is 0 Å². The molecule has 2 aliphatic rings. The molecule has 1 N–H and O–H groups in total. The third kappa shape index (κ3) is 4.64. The molecule has 1 saturated heterocycles. The fraction of sp³-hybridized carbons (Fsp3) is 1.00. The van der Waals surface area contributed by atoms with Gasteiger partial charge in [0.15, 0.2) is 0 Å². The normalized spacial score (nSPS) is 25.6. The Bertz CT molecular complexity index is 243. The summed E-state index contributed by atoms with van der Waals surface area (Å²) in [7, 11) is 0. The van der Waals surface area contributed by atoms with Crippen LogP contribution >= 0.6 is 11.8 Å². The van der Waals surface area contributed by atoms with Gasteiger partial charge in [0.25, 0.3) is 0 Å². The highest BCUT2D eigenvalue weighted by Gasteiger charge is 2.34. The van der Waals surface area contributed by atoms with E-state index in [0.717, 1.165) is 6.04 Å². The van der Waals surface area contributed by atoms with Gasteiger partial charge in [0, 0.05) is 17.3 Å². The van der Waals surface area contributed by atoms with Crippen LogP contribution in [0.3, 0.4) is 0 Å². The highest BCUT2D eigenvalue weighted by molar-refractivity contribution is 8.00. The predicted molar refractivity (Wildman–Crippen MR) is 87.1 cm³/mol. The molecule has 1 heterocycles. The molecule has 112 valence electrons. The van der Waals surface area contributed by atoms with E-state index in [1.54, 1.807) is 0 Å². The summed E-state index contributed by atoms with van der Waals surface area (Å²) < 4.78 is 0.585. The lowest BCUT2D eigenvalue weighted by atomic mass is 9.87. The van der Waals surface area contributed by atoms with Crippen molar-refractivity contribution in [2.24, 2.45) is 0 Å². The van der Waals surface area contributed by atoms with Gasteiger partial charge in [0.1, 0.15) is 0 Å². The number of nitrogens with one attached hydrogen (secondary N) is 1. The molecule has 0 bridgehead atoms. The van der Waals surface area contributed by atoms with Gasteiger partial charge in [0.2, 0.25) is 0 Å². The first-order chi connectivity index (χ1) is 9.28. The molecule has 0 spiro atoms. The molecule has 0 aromatic carbocycles. The first kappa shape index (κ1) is 15.7. The average Bonchev–Trinajstić information content (AvgIpc) is 2.47. The number of hydrogen-bond acceptors (Lipinski definition) is 3. The van der Waals surface area contributed by atoms with Gasteiger partial charge < -0.3 is 10.2 Å². The second-order valence-corrected chi connectivity index (χ2v) is 7.73. The first-order valence-electron chi connectivity index (χ1n) is 8.29. The Hall–Kier alpha value is 0.270. The molecule has 0 unspecified atom stereocenters. The molecule has 1 saturated carbocycles. The minimum atomic E-state index is 0.585. The summed E-state index contributed by atoms with van der Waals surface area (Å²) in [6.45, 7) is 7.41. The van der Waals surface area contributed by atoms with Gasteiger partial charge in [-0.3, -0.25) is 0 Å². The van der Waals surface area contributed by atoms with Crippen molar-refractivity contribution in [3.63, 3.8) is 0 Å². The van der Waals surface area contributed by atoms with Crippen LogP contribution in [0, 0.1) is 0 Å². The van der Waals surface area contributed by atoms with Crippen LogP contribution in [0.25, 0.3) is 0 Å². The van der Waals surface area contributed by atoms with Crippen LogP contribution in [0.5, 0.6) is 0 Å². The Morgan fingerprint density at radius 1 is 1.16 bits per heavy atom. The van der Waals surface area contributed by atoms with Crippen LogP contribution in [0.4, 0.5) is 0 Å². The van der Waals surface area contributed by atoms with E-state index in [1.165, 1.54) is 77.5 Å². The van der Waals surface area contributed by atoms with E-state index in [9.17, 15) is 0 Å². The van der Waals surface area contributed by atoms with E-state index < -0.39 is 0 Å². The van der Waals surface area contributed by atoms with E-state index in [0.29, 0.717) is 4.75 Å². The maximum atomic E-state index is 3.69. The zero-order valence-corrected chi connectivity index (χ0v) is 13.7. The zero-order valence-electron chi connectivity index (χ0n) is 12.9. The Labute approximate surface area is 124 Å². The molecule has 19 heavy (non-hydrogen) atoms. The van der Waals surface area contributed by atoms with Crippen LogP contribution in [-0.4, -0.2) is 48.1 Å². The van der Waals surface area contributed by atoms with Crippen molar-refractivity contribution in [2.45, 2.75) is 69.1 Å². The Kier molecular flexibility index (Phi) is 6.51. The molecule has 0 aromatic heterocycles. The van der Waals surface area contributed by atoms with Gasteiger partial charge >= 0.3 is 0 Å². The fourth-order valence-corrected chi connectivity index (χ4v) is 4.68. The molecule has 1 aliphatic carbocycles. The smallest absolute Gasteiger partial charge is 0.0284 e. The number of rotatable bonds is 6. The molecule has 3 heteroatoms. The number of thioether (sulfide) groups is 1. The van der Waals surface area contributed by atoms with Crippen LogP contribution in [0.15, 0.2) is 0 Å². The quantitative estimate of drug-likeness (QED) is 0.803. The summed E-state index contributed by atoms with van der Waals surface area (Å²) in [6, 6.07) is 0.785. The maximum Gasteiger partial charge on any atom is 0.0284 e. The maximum absolute atomic E-state index is 3.69. The summed E-state index contributed by atoms with van der Waals surface area (Å²) in [5.74, 6) is 0. The van der Waals surface area contributed by atoms with Crippen molar-refractivity contribution in [2.75, 3.05) is 32.4 Å². The first-order valence-corrected chi connectivity index (χ1v) is 9.51. The van der Waals surface area contributed by atoms with Gasteiger partial charge in [-0.1, -0.05) is 26.2 Å². The summed E-state index contributed by atoms with van der Waals surface area (Å²) in [6.07, 6.45) is 13.6. The van der Waals surface area contributed by atoms with E-state index in [1.807, 2.05) is 0 Å². The lowest BCUT2D eigenvalue weighted by molar-refractivity contribution is 0.168. The van der Waals surface area contributed by atoms with Crippen molar-refractivity contribution in [3.05, 3.63) is 0 Å². The molecule has 2 fully saturated rings. The number of piperidine rings is 1. The lowest BCUT2D eigenvalue weighted by Gasteiger charge is -2.42. The Balaban J connectivity index is 1.74. The minimum absolute atomic E-state index is 0.585. The fourth-order valence-electron chi connectivity index (χ4n) is 3.67. The SMILES string of the molecule is CCCNC1CCN(CC2(SC)CCCCC2)CC1. The number of hydrogen-bond donors (Lipinski definition) is 1. The highest BCUT2D eigenvalue weighted by atomic mass is 32.2. The van der Waals surface area contributed by atoms with E-state index in [2.05, 4.69) is 35.2 Å². The van der Waals surface area contributed by atoms with Gasteiger partial charge in [-0.2, -0.15) is 11.8 Å². The molecule has 1 aliphatic heterocycles. The van der Waals surface area contributed by atoms with Gasteiger partial charge in [-0.05, 0) is 58.0 Å². The third-order valence-electron chi connectivity index (χ3n) is 4.98. The highest BCUT2D eigenvalue weighted by Crippen LogP contribution is 2.39. The monoisotopic (exact) mass is 284 g/mol. The zero-order chi connectivity index (χ0) is 13.6. The van der Waals surface area contributed by atoms with Crippen LogP contribution in [0.2, 0.25) is 0 Å². The van der Waals surface area contributed by atoms with Crippen molar-refractivity contribution in [1.82, 2.24) is 10.2 Å². The molecule has 0 atom stereocenters. The van der Waals surface area contributed by atoms with E-state index in [-0.39, 0.29) is 0 Å². The largest absolute Gasteiger partial charge is 0.314 e. The Morgan fingerprint density at radius 2 is 1.84 bits per heavy atom. The topological polar surface area (TPSA) is 15.3 Å². The van der Waals surface area contributed by atoms with Gasteiger partial charge in [0.05, 0.1) is 0 Å². The second kappa shape index (κ2) is 7.90. The van der Waals surface area contributed by atoms with Gasteiger partial charge in [-0.25, -0.2) is 0 Å². The molecule has 0 amide bonds. The average molecular weight is 285 g/mol. The molecular formula is C16H32N2S. The summed E-state index contributed by atoms with van der Waals surface area (Å²) >= 11 is 2.14. The van der Waals surface area contributed by atoms with Crippen molar-refractivity contribution in [3.8, 4) is 0 Å². The van der Waals surface area contributed by atoms with Crippen molar-refractivity contribution >= 4 is 11.8 Å². The molecule has 0 radical (unpaired) electrons. The Morgan fingerprint density at radius 3 is 2.42 bits per heavy atom. The summed E-state index contributed by atoms with van der Waals surface area (Å²) in [5.41, 5.74) is 0. The number of likely N-dealkylation sites (tertiary alicyclic amines) is 1. The van der Waals surface area contributed by atoms with Crippen molar-refractivity contribution in [1.29, 1.82) is 0 Å². The van der Waals surface area contributed by atoms with Crippen LogP contribution in [0.1, 0.15) is 58.3 Å². The summed E-state index contributed by atoms with van der Waals surface area (Å²) in [5, 5.41) is 3.69. The predicted octanol–water partition coefficient (Wildman–Crippen LogP) is 3.52. The lowest BCUT2D eigenvalue weighted by Crippen LogP contribution is -2.48. The molecule has 2 nitrogen and oxygen atoms in total. The van der Waals surface area contributed by atoms with Crippen LogP contribution < -0.4 is 5.32 Å². The second-order valence-electron chi connectivity index (χ2n) is 6.45. The molecule has 0 aromatic rings. The summed E-state index contributed by atoms with van der Waals surface area (Å²) in [4.78, 5) is 2.74. The standard InChI is InChI=1S/C16H32N2S/c1-3-11-17-15-7-12-18(13-8-15)14-16(19-2)9-5-4-6-10-16/h15,17H,3-14H2,1-2H3. The number of nitrogens with zero attached hydrogens (tertiary/aromatic N) is 1.